The predicted molar refractivity (Wildman–Crippen MR) is 81.9 cm³/mol. The van der Waals surface area contributed by atoms with E-state index in [1.165, 1.54) is 16.7 Å². The number of rotatable bonds is 3. The van der Waals surface area contributed by atoms with E-state index in [1.54, 1.807) is 0 Å². The lowest BCUT2D eigenvalue weighted by molar-refractivity contribution is 0.174. The summed E-state index contributed by atoms with van der Waals surface area (Å²) in [6, 6.07) is 15.1. The highest BCUT2D eigenvalue weighted by Gasteiger charge is 2.31. The summed E-state index contributed by atoms with van der Waals surface area (Å²) in [5.74, 6) is 2.73. The van der Waals surface area contributed by atoms with Crippen LogP contribution in [-0.4, -0.2) is 13.3 Å². The van der Waals surface area contributed by atoms with E-state index < -0.39 is 0 Å². The number of benzene rings is 2. The molecule has 3 heteroatoms. The molecule has 3 nitrogen and oxygen atoms in total. The lowest BCUT2D eigenvalue weighted by atomic mass is 9.92. The molecule has 0 saturated heterocycles. The molecule has 1 aliphatic heterocycles. The van der Waals surface area contributed by atoms with Crippen LogP contribution in [0.15, 0.2) is 42.5 Å². The van der Waals surface area contributed by atoms with Gasteiger partial charge in [-0.2, -0.15) is 0 Å². The van der Waals surface area contributed by atoms with Crippen LogP contribution in [0.5, 0.6) is 11.5 Å². The third kappa shape index (κ3) is 2.09. The van der Waals surface area contributed by atoms with Crippen molar-refractivity contribution in [3.05, 3.63) is 59.2 Å². The van der Waals surface area contributed by atoms with Gasteiger partial charge in [-0.25, -0.2) is 0 Å². The molecule has 1 aliphatic carbocycles. The summed E-state index contributed by atoms with van der Waals surface area (Å²) in [5.41, 5.74) is 10.0. The molecule has 0 bridgehead atoms. The van der Waals surface area contributed by atoms with E-state index in [2.05, 4.69) is 36.4 Å². The summed E-state index contributed by atoms with van der Waals surface area (Å²) >= 11 is 0. The standard InChI is InChI=1S/C18H19NO2/c19-8-7-13-9-16(15-4-2-1-3-14(13)15)12-5-6-17-18(10-12)21-11-20-17/h1-6,10,13,16H,7-9,11,19H2/t13-,16+/m0/s1. The van der Waals surface area contributed by atoms with Crippen molar-refractivity contribution in [1.82, 2.24) is 0 Å². The van der Waals surface area contributed by atoms with Crippen molar-refractivity contribution in [2.24, 2.45) is 5.73 Å². The molecule has 2 aliphatic rings. The van der Waals surface area contributed by atoms with Crippen molar-refractivity contribution in [3.63, 3.8) is 0 Å². The topological polar surface area (TPSA) is 44.5 Å². The van der Waals surface area contributed by atoms with E-state index in [1.807, 2.05) is 6.07 Å². The van der Waals surface area contributed by atoms with Gasteiger partial charge in [0.15, 0.2) is 11.5 Å². The van der Waals surface area contributed by atoms with Crippen molar-refractivity contribution in [3.8, 4) is 11.5 Å². The Morgan fingerprint density at radius 1 is 1.00 bits per heavy atom. The fourth-order valence-electron chi connectivity index (χ4n) is 3.66. The summed E-state index contributed by atoms with van der Waals surface area (Å²) in [6.07, 6.45) is 2.19. The van der Waals surface area contributed by atoms with Gasteiger partial charge in [0.25, 0.3) is 0 Å². The molecule has 2 aromatic rings. The maximum atomic E-state index is 5.79. The molecule has 2 atom stereocenters. The third-order valence-corrected chi connectivity index (χ3v) is 4.65. The summed E-state index contributed by atoms with van der Waals surface area (Å²) in [6.45, 7) is 1.07. The second-order valence-electron chi connectivity index (χ2n) is 5.80. The van der Waals surface area contributed by atoms with Crippen LogP contribution in [-0.2, 0) is 0 Å². The highest BCUT2D eigenvalue weighted by molar-refractivity contribution is 5.50. The number of hydrogen-bond donors (Lipinski definition) is 1. The second kappa shape index (κ2) is 5.08. The molecule has 4 rings (SSSR count). The zero-order chi connectivity index (χ0) is 14.2. The number of hydrogen-bond acceptors (Lipinski definition) is 3. The summed E-state index contributed by atoms with van der Waals surface area (Å²) in [7, 11) is 0. The molecule has 108 valence electrons. The fourth-order valence-corrected chi connectivity index (χ4v) is 3.66. The van der Waals surface area contributed by atoms with E-state index in [9.17, 15) is 0 Å². The molecule has 2 N–H and O–H groups in total. The van der Waals surface area contributed by atoms with Crippen molar-refractivity contribution in [2.75, 3.05) is 13.3 Å². The van der Waals surface area contributed by atoms with Gasteiger partial charge in [-0.15, -0.1) is 0 Å². The maximum absolute atomic E-state index is 5.79. The first kappa shape index (κ1) is 12.7. The second-order valence-corrected chi connectivity index (χ2v) is 5.80. The van der Waals surface area contributed by atoms with Crippen LogP contribution in [0, 0.1) is 0 Å². The molecule has 0 fully saturated rings. The normalized spacial score (nSPS) is 22.3. The van der Waals surface area contributed by atoms with E-state index >= 15 is 0 Å². The molecule has 0 saturated carbocycles. The Kier molecular flexibility index (Phi) is 3.08. The van der Waals surface area contributed by atoms with Crippen LogP contribution < -0.4 is 15.2 Å². The molecule has 0 amide bonds. The predicted octanol–water partition coefficient (Wildman–Crippen LogP) is 3.38. The average Bonchev–Trinajstić information content (AvgIpc) is 3.12. The minimum Gasteiger partial charge on any atom is -0.454 e. The molecule has 0 unspecified atom stereocenters. The Labute approximate surface area is 124 Å². The summed E-state index contributed by atoms with van der Waals surface area (Å²) in [4.78, 5) is 0. The van der Waals surface area contributed by atoms with E-state index in [-0.39, 0.29) is 0 Å². The number of nitrogens with two attached hydrogens (primary N) is 1. The van der Waals surface area contributed by atoms with Gasteiger partial charge in [0.05, 0.1) is 0 Å². The summed E-state index contributed by atoms with van der Waals surface area (Å²) < 4.78 is 10.9. The molecule has 0 radical (unpaired) electrons. The minimum atomic E-state index is 0.329. The molecule has 2 aromatic carbocycles. The van der Waals surface area contributed by atoms with Crippen molar-refractivity contribution in [2.45, 2.75) is 24.7 Å². The highest BCUT2D eigenvalue weighted by Crippen LogP contribution is 2.48. The number of fused-ring (bicyclic) bond motifs is 2. The van der Waals surface area contributed by atoms with Gasteiger partial charge in [0, 0.05) is 5.92 Å². The van der Waals surface area contributed by atoms with Crippen LogP contribution >= 0.6 is 0 Å². The Hall–Kier alpha value is -2.00. The first-order chi connectivity index (χ1) is 10.4. The average molecular weight is 281 g/mol. The van der Waals surface area contributed by atoms with Gasteiger partial charge in [0.1, 0.15) is 0 Å². The largest absolute Gasteiger partial charge is 0.454 e. The molecule has 21 heavy (non-hydrogen) atoms. The van der Waals surface area contributed by atoms with E-state index in [4.69, 9.17) is 15.2 Å². The molecule has 1 heterocycles. The molecule has 0 spiro atoms. The quantitative estimate of drug-likeness (QED) is 0.938. The molecular formula is C18H19NO2. The van der Waals surface area contributed by atoms with Crippen LogP contribution in [0.1, 0.15) is 41.4 Å². The summed E-state index contributed by atoms with van der Waals surface area (Å²) in [5, 5.41) is 0. The van der Waals surface area contributed by atoms with Gasteiger partial charge in [0.2, 0.25) is 6.79 Å². The van der Waals surface area contributed by atoms with Crippen LogP contribution in [0.4, 0.5) is 0 Å². The molecule has 0 aromatic heterocycles. The maximum Gasteiger partial charge on any atom is 0.231 e. The van der Waals surface area contributed by atoms with E-state index in [0.29, 0.717) is 18.6 Å². The molecular weight excluding hydrogens is 262 g/mol. The Morgan fingerprint density at radius 3 is 2.67 bits per heavy atom. The minimum absolute atomic E-state index is 0.329. The lowest BCUT2D eigenvalue weighted by Crippen LogP contribution is -2.05. The Morgan fingerprint density at radius 2 is 1.81 bits per heavy atom. The van der Waals surface area contributed by atoms with Crippen molar-refractivity contribution in [1.29, 1.82) is 0 Å². The van der Waals surface area contributed by atoms with Gasteiger partial charge in [-0.3, -0.25) is 0 Å². The van der Waals surface area contributed by atoms with Gasteiger partial charge in [-0.1, -0.05) is 30.3 Å². The van der Waals surface area contributed by atoms with Gasteiger partial charge in [-0.05, 0) is 54.1 Å². The highest BCUT2D eigenvalue weighted by atomic mass is 16.7. The first-order valence-corrected chi connectivity index (χ1v) is 7.55. The first-order valence-electron chi connectivity index (χ1n) is 7.55. The smallest absolute Gasteiger partial charge is 0.231 e. The zero-order valence-corrected chi connectivity index (χ0v) is 11.9. The Balaban J connectivity index is 1.73. The Bertz CT molecular complexity index is 668. The fraction of sp³-hybridized carbons (Fsp3) is 0.333. The van der Waals surface area contributed by atoms with Crippen molar-refractivity contribution >= 4 is 0 Å². The van der Waals surface area contributed by atoms with Crippen molar-refractivity contribution < 1.29 is 9.47 Å². The van der Waals surface area contributed by atoms with Crippen LogP contribution in [0.2, 0.25) is 0 Å². The van der Waals surface area contributed by atoms with Crippen LogP contribution in [0.3, 0.4) is 0 Å². The van der Waals surface area contributed by atoms with Gasteiger partial charge >= 0.3 is 0 Å². The van der Waals surface area contributed by atoms with Crippen LogP contribution in [0.25, 0.3) is 0 Å². The monoisotopic (exact) mass is 281 g/mol. The number of ether oxygens (including phenoxy) is 2. The SMILES string of the molecule is NCC[C@H]1C[C@H](c2ccc3c(c2)OCO3)c2ccccc21. The lowest BCUT2D eigenvalue weighted by Gasteiger charge is -2.13. The zero-order valence-electron chi connectivity index (χ0n) is 11.9. The third-order valence-electron chi connectivity index (χ3n) is 4.65. The van der Waals surface area contributed by atoms with Gasteiger partial charge < -0.3 is 15.2 Å². The van der Waals surface area contributed by atoms with E-state index in [0.717, 1.165) is 30.9 Å².